The summed E-state index contributed by atoms with van der Waals surface area (Å²) >= 11 is 0. The number of nitrogens with zero attached hydrogens (tertiary/aromatic N) is 7. The summed E-state index contributed by atoms with van der Waals surface area (Å²) in [6.45, 7) is 4.27. The molecular formula is C22H28N8O2S. The van der Waals surface area contributed by atoms with E-state index in [1.165, 1.54) is 12.8 Å². The van der Waals surface area contributed by atoms with Crippen molar-refractivity contribution in [3.05, 3.63) is 41.9 Å². The van der Waals surface area contributed by atoms with Crippen LogP contribution in [0.1, 0.15) is 62.2 Å². The van der Waals surface area contributed by atoms with Crippen LogP contribution in [0.15, 0.2) is 24.8 Å². The van der Waals surface area contributed by atoms with Crippen molar-refractivity contribution in [2.24, 2.45) is 0 Å². The molecule has 1 N–H and O–H groups in total. The van der Waals surface area contributed by atoms with Gasteiger partial charge in [-0.3, -0.25) is 9.55 Å². The van der Waals surface area contributed by atoms with Crippen LogP contribution in [0.5, 0.6) is 0 Å². The molecule has 0 spiro atoms. The average Bonchev–Trinajstić information content (AvgIpc) is 3.48. The van der Waals surface area contributed by atoms with E-state index in [2.05, 4.69) is 31.7 Å². The number of fused-ring (bicyclic) bond motifs is 3. The number of hydrogen-bond donors (Lipinski definition) is 1. The number of anilines is 1. The molecule has 174 valence electrons. The highest BCUT2D eigenvalue weighted by atomic mass is 32.2. The first-order valence-electron chi connectivity index (χ1n) is 11.3. The fourth-order valence-electron chi connectivity index (χ4n) is 5.03. The standard InChI is InChI=1S/C22H28N8O2S/c1-4-18-21-28-24-13-29(21)19-14(2)26-20(27-22(19)30(18)16-7-5-6-8-16)17-9-10-23-11-15(17)12-25-33(3,31)32/h9-11,13,16,18,25H,4-8,12H2,1-3H3/t18-/m1/s1. The minimum Gasteiger partial charge on any atom is -0.341 e. The Labute approximate surface area is 193 Å². The van der Waals surface area contributed by atoms with Crippen LogP contribution in [-0.4, -0.2) is 50.4 Å². The second-order valence-electron chi connectivity index (χ2n) is 8.76. The Hall–Kier alpha value is -2.92. The van der Waals surface area contributed by atoms with Crippen LogP contribution in [0.25, 0.3) is 17.1 Å². The van der Waals surface area contributed by atoms with Crippen LogP contribution in [0, 0.1) is 6.92 Å². The summed E-state index contributed by atoms with van der Waals surface area (Å²) < 4.78 is 27.9. The molecule has 0 radical (unpaired) electrons. The van der Waals surface area contributed by atoms with Gasteiger partial charge in [0.1, 0.15) is 12.0 Å². The first kappa shape index (κ1) is 21.9. The van der Waals surface area contributed by atoms with E-state index >= 15 is 0 Å². The lowest BCUT2D eigenvalue weighted by atomic mass is 10.0. The predicted molar refractivity (Wildman–Crippen MR) is 124 cm³/mol. The van der Waals surface area contributed by atoms with E-state index in [9.17, 15) is 8.42 Å². The number of aryl methyl sites for hydroxylation is 1. The number of pyridine rings is 1. The van der Waals surface area contributed by atoms with Crippen LogP contribution in [0.3, 0.4) is 0 Å². The third kappa shape index (κ3) is 3.99. The lowest BCUT2D eigenvalue weighted by Gasteiger charge is -2.41. The van der Waals surface area contributed by atoms with Gasteiger partial charge in [-0.25, -0.2) is 23.1 Å². The summed E-state index contributed by atoms with van der Waals surface area (Å²) in [5, 5.41) is 8.66. The van der Waals surface area contributed by atoms with E-state index in [-0.39, 0.29) is 12.6 Å². The molecule has 1 atom stereocenters. The van der Waals surface area contributed by atoms with E-state index in [4.69, 9.17) is 9.97 Å². The summed E-state index contributed by atoms with van der Waals surface area (Å²) in [6, 6.07) is 2.32. The van der Waals surface area contributed by atoms with Crippen LogP contribution >= 0.6 is 0 Å². The largest absolute Gasteiger partial charge is 0.341 e. The molecule has 5 rings (SSSR count). The Morgan fingerprint density at radius 1 is 1.21 bits per heavy atom. The van der Waals surface area contributed by atoms with Crippen LogP contribution in [0.4, 0.5) is 5.82 Å². The summed E-state index contributed by atoms with van der Waals surface area (Å²) in [5.41, 5.74) is 3.23. The molecule has 1 aliphatic heterocycles. The highest BCUT2D eigenvalue weighted by Gasteiger charge is 2.39. The van der Waals surface area contributed by atoms with E-state index in [0.717, 1.165) is 59.7 Å². The summed E-state index contributed by atoms with van der Waals surface area (Å²) in [5.74, 6) is 2.38. The molecule has 0 bridgehead atoms. The molecule has 1 saturated carbocycles. The Balaban J connectivity index is 1.67. The van der Waals surface area contributed by atoms with Gasteiger partial charge >= 0.3 is 0 Å². The monoisotopic (exact) mass is 468 g/mol. The summed E-state index contributed by atoms with van der Waals surface area (Å²) in [7, 11) is -3.35. The fourth-order valence-corrected chi connectivity index (χ4v) is 5.45. The fraction of sp³-hybridized carbons (Fsp3) is 0.500. The maximum atomic E-state index is 11.7. The minimum atomic E-state index is -3.35. The predicted octanol–water partition coefficient (Wildman–Crippen LogP) is 2.69. The Kier molecular flexibility index (Phi) is 5.61. The molecule has 0 unspecified atom stereocenters. The van der Waals surface area contributed by atoms with Crippen molar-refractivity contribution in [3.63, 3.8) is 0 Å². The van der Waals surface area contributed by atoms with Crippen LogP contribution < -0.4 is 9.62 Å². The third-order valence-corrected chi connectivity index (χ3v) is 7.18. The first-order chi connectivity index (χ1) is 15.9. The number of aromatic nitrogens is 6. The van der Waals surface area contributed by atoms with Crippen molar-refractivity contribution in [2.75, 3.05) is 11.2 Å². The second kappa shape index (κ2) is 8.45. The van der Waals surface area contributed by atoms with Crippen molar-refractivity contribution >= 4 is 15.8 Å². The zero-order chi connectivity index (χ0) is 23.2. The van der Waals surface area contributed by atoms with Crippen molar-refractivity contribution in [1.82, 2.24) is 34.4 Å². The number of nitrogens with one attached hydrogen (secondary N) is 1. The maximum absolute atomic E-state index is 11.7. The van der Waals surface area contributed by atoms with Gasteiger partial charge in [-0.15, -0.1) is 10.2 Å². The van der Waals surface area contributed by atoms with E-state index in [0.29, 0.717) is 11.9 Å². The van der Waals surface area contributed by atoms with Gasteiger partial charge in [-0.1, -0.05) is 19.8 Å². The lowest BCUT2D eigenvalue weighted by Crippen LogP contribution is -2.42. The van der Waals surface area contributed by atoms with E-state index in [1.54, 1.807) is 18.7 Å². The van der Waals surface area contributed by atoms with Crippen molar-refractivity contribution in [1.29, 1.82) is 0 Å². The van der Waals surface area contributed by atoms with E-state index < -0.39 is 10.0 Å². The quantitative estimate of drug-likeness (QED) is 0.586. The smallest absolute Gasteiger partial charge is 0.209 e. The Morgan fingerprint density at radius 2 is 2.00 bits per heavy atom. The third-order valence-electron chi connectivity index (χ3n) is 6.51. The molecule has 3 aromatic rings. The number of hydrogen-bond acceptors (Lipinski definition) is 8. The molecule has 0 aromatic carbocycles. The molecule has 1 fully saturated rings. The lowest BCUT2D eigenvalue weighted by molar-refractivity contribution is 0.468. The highest BCUT2D eigenvalue weighted by Crippen LogP contribution is 2.44. The van der Waals surface area contributed by atoms with Crippen LogP contribution in [-0.2, 0) is 16.6 Å². The SMILES string of the molecule is CC[C@@H]1c2nncn2-c2c(C)nc(-c3ccncc3CNS(C)(=O)=O)nc2N1C1CCCC1. The van der Waals surface area contributed by atoms with Crippen molar-refractivity contribution in [2.45, 2.75) is 64.6 Å². The van der Waals surface area contributed by atoms with E-state index in [1.807, 2.05) is 17.6 Å². The van der Waals surface area contributed by atoms with Gasteiger partial charge in [0.05, 0.1) is 18.0 Å². The zero-order valence-corrected chi connectivity index (χ0v) is 19.9. The van der Waals surface area contributed by atoms with Gasteiger partial charge < -0.3 is 4.90 Å². The topological polar surface area (TPSA) is 119 Å². The molecule has 0 saturated heterocycles. The average molecular weight is 469 g/mol. The van der Waals surface area contributed by atoms with Gasteiger partial charge in [0.15, 0.2) is 17.5 Å². The normalized spacial score (nSPS) is 18.4. The number of rotatable bonds is 6. The Bertz CT molecular complexity index is 1280. The zero-order valence-electron chi connectivity index (χ0n) is 19.1. The van der Waals surface area contributed by atoms with Gasteiger partial charge in [0.2, 0.25) is 10.0 Å². The van der Waals surface area contributed by atoms with Gasteiger partial charge in [-0.2, -0.15) is 0 Å². The number of sulfonamides is 1. The molecule has 11 heteroatoms. The molecule has 33 heavy (non-hydrogen) atoms. The molecule has 10 nitrogen and oxygen atoms in total. The van der Waals surface area contributed by atoms with Crippen molar-refractivity contribution < 1.29 is 8.42 Å². The minimum absolute atomic E-state index is 0.0917. The molecular weight excluding hydrogens is 440 g/mol. The summed E-state index contributed by atoms with van der Waals surface area (Å²) in [6.07, 6.45) is 11.8. The molecule has 1 aliphatic carbocycles. The van der Waals surface area contributed by atoms with Crippen molar-refractivity contribution in [3.8, 4) is 17.1 Å². The second-order valence-corrected chi connectivity index (χ2v) is 10.6. The first-order valence-corrected chi connectivity index (χ1v) is 13.2. The summed E-state index contributed by atoms with van der Waals surface area (Å²) in [4.78, 5) is 16.5. The van der Waals surface area contributed by atoms with Gasteiger partial charge in [0.25, 0.3) is 0 Å². The molecule has 2 aliphatic rings. The molecule has 3 aromatic heterocycles. The highest BCUT2D eigenvalue weighted by molar-refractivity contribution is 7.88. The van der Waals surface area contributed by atoms with Crippen LogP contribution in [0.2, 0.25) is 0 Å². The Morgan fingerprint density at radius 3 is 2.73 bits per heavy atom. The van der Waals surface area contributed by atoms with Gasteiger partial charge in [0, 0.05) is 30.5 Å². The molecule has 0 amide bonds. The maximum Gasteiger partial charge on any atom is 0.209 e. The van der Waals surface area contributed by atoms with Gasteiger partial charge in [-0.05, 0) is 37.8 Å². The molecule has 4 heterocycles.